The highest BCUT2D eigenvalue weighted by molar-refractivity contribution is 6.33. The molecule has 1 aromatic heterocycles. The van der Waals surface area contributed by atoms with E-state index in [2.05, 4.69) is 40.9 Å². The maximum Gasteiger partial charge on any atom is 0.147 e. The van der Waals surface area contributed by atoms with Crippen LogP contribution in [0.5, 0.6) is 0 Å². The van der Waals surface area contributed by atoms with Crippen LogP contribution in [-0.4, -0.2) is 48.6 Å². The summed E-state index contributed by atoms with van der Waals surface area (Å²) in [5.41, 5.74) is 1.14. The van der Waals surface area contributed by atoms with E-state index in [9.17, 15) is 0 Å². The Kier molecular flexibility index (Phi) is 6.27. The Morgan fingerprint density at radius 2 is 2.00 bits per heavy atom. The van der Waals surface area contributed by atoms with Crippen molar-refractivity contribution in [2.45, 2.75) is 39.8 Å². The van der Waals surface area contributed by atoms with Crippen molar-refractivity contribution in [3.8, 4) is 0 Å². The van der Waals surface area contributed by atoms with E-state index in [1.165, 1.54) is 6.42 Å². The van der Waals surface area contributed by atoms with Gasteiger partial charge in [0.1, 0.15) is 5.82 Å². The van der Waals surface area contributed by atoms with Gasteiger partial charge in [-0.1, -0.05) is 25.4 Å². The third kappa shape index (κ3) is 4.31. The fourth-order valence-corrected chi connectivity index (χ4v) is 3.01. The summed E-state index contributed by atoms with van der Waals surface area (Å²) in [6.45, 7) is 12.6. The van der Waals surface area contributed by atoms with Gasteiger partial charge < -0.3 is 10.2 Å². The molecule has 1 aliphatic rings. The molecule has 21 heavy (non-hydrogen) atoms. The zero-order valence-corrected chi connectivity index (χ0v) is 14.2. The Hall–Kier alpha value is -0.840. The fraction of sp³-hybridized carbons (Fsp3) is 0.688. The number of rotatable bonds is 6. The topological polar surface area (TPSA) is 31.4 Å². The van der Waals surface area contributed by atoms with E-state index in [0.717, 1.165) is 55.7 Å². The Morgan fingerprint density at radius 3 is 2.57 bits per heavy atom. The molecule has 1 aromatic rings. The molecule has 5 heteroatoms. The zero-order valence-electron chi connectivity index (χ0n) is 13.4. The van der Waals surface area contributed by atoms with Crippen LogP contribution in [0.1, 0.15) is 32.8 Å². The van der Waals surface area contributed by atoms with Crippen LogP contribution in [0.25, 0.3) is 0 Å². The number of anilines is 1. The zero-order chi connectivity index (χ0) is 15.2. The minimum Gasteiger partial charge on any atom is -0.353 e. The van der Waals surface area contributed by atoms with E-state index in [1.54, 1.807) is 0 Å². The van der Waals surface area contributed by atoms with Gasteiger partial charge in [0.2, 0.25) is 0 Å². The lowest BCUT2D eigenvalue weighted by atomic mass is 10.2. The molecule has 1 saturated heterocycles. The van der Waals surface area contributed by atoms with Crippen LogP contribution in [0.3, 0.4) is 0 Å². The molecule has 0 amide bonds. The van der Waals surface area contributed by atoms with Gasteiger partial charge >= 0.3 is 0 Å². The summed E-state index contributed by atoms with van der Waals surface area (Å²) >= 11 is 6.42. The fourth-order valence-electron chi connectivity index (χ4n) is 2.70. The number of nitrogens with one attached hydrogen (secondary N) is 1. The first-order valence-electron chi connectivity index (χ1n) is 7.99. The molecular formula is C16H27ClN4. The monoisotopic (exact) mass is 310 g/mol. The highest BCUT2D eigenvalue weighted by atomic mass is 35.5. The second-order valence-electron chi connectivity index (χ2n) is 5.71. The summed E-state index contributed by atoms with van der Waals surface area (Å²) in [5.74, 6) is 0.931. The van der Waals surface area contributed by atoms with Gasteiger partial charge in [-0.05, 0) is 31.5 Å². The van der Waals surface area contributed by atoms with Crippen LogP contribution in [0.4, 0.5) is 5.82 Å². The summed E-state index contributed by atoms with van der Waals surface area (Å²) in [7, 11) is 0. The van der Waals surface area contributed by atoms with Gasteiger partial charge in [-0.3, -0.25) is 4.90 Å². The molecule has 1 atom stereocenters. The minimum absolute atomic E-state index is 0.665. The van der Waals surface area contributed by atoms with Gasteiger partial charge in [0, 0.05) is 45.0 Å². The van der Waals surface area contributed by atoms with Crippen molar-refractivity contribution in [3.63, 3.8) is 0 Å². The number of halogens is 1. The van der Waals surface area contributed by atoms with Gasteiger partial charge in [-0.15, -0.1) is 0 Å². The molecule has 0 spiro atoms. The molecular weight excluding hydrogens is 284 g/mol. The second kappa shape index (κ2) is 7.97. The van der Waals surface area contributed by atoms with Gasteiger partial charge in [0.05, 0.1) is 5.02 Å². The number of aromatic nitrogens is 1. The first-order valence-corrected chi connectivity index (χ1v) is 8.37. The Labute approximate surface area is 133 Å². The third-order valence-corrected chi connectivity index (χ3v) is 4.56. The minimum atomic E-state index is 0.665. The normalized spacial score (nSPS) is 18.0. The average molecular weight is 311 g/mol. The molecule has 2 rings (SSSR count). The van der Waals surface area contributed by atoms with Crippen molar-refractivity contribution < 1.29 is 0 Å². The summed E-state index contributed by atoms with van der Waals surface area (Å²) in [4.78, 5) is 9.43. The average Bonchev–Trinajstić information content (AvgIpc) is 2.52. The maximum atomic E-state index is 6.42. The summed E-state index contributed by atoms with van der Waals surface area (Å²) in [5, 5.41) is 4.06. The quantitative estimate of drug-likeness (QED) is 0.875. The molecule has 4 nitrogen and oxygen atoms in total. The summed E-state index contributed by atoms with van der Waals surface area (Å²) in [6, 6.07) is 2.70. The summed E-state index contributed by atoms with van der Waals surface area (Å²) in [6.07, 6.45) is 3.14. The lowest BCUT2D eigenvalue weighted by Gasteiger charge is -2.38. The van der Waals surface area contributed by atoms with Crippen molar-refractivity contribution in [2.24, 2.45) is 0 Å². The highest BCUT2D eigenvalue weighted by Gasteiger charge is 2.22. The van der Waals surface area contributed by atoms with E-state index in [1.807, 2.05) is 12.3 Å². The molecule has 1 unspecified atom stereocenters. The molecule has 0 radical (unpaired) electrons. The lowest BCUT2D eigenvalue weighted by molar-refractivity contribution is 0.192. The number of hydrogen-bond donors (Lipinski definition) is 1. The SMILES string of the molecule is CCNCc1cnc(N2CCN(C(C)CC)CC2)c(Cl)c1. The molecule has 0 saturated carbocycles. The molecule has 1 N–H and O–H groups in total. The van der Waals surface area contributed by atoms with Crippen molar-refractivity contribution in [1.29, 1.82) is 0 Å². The van der Waals surface area contributed by atoms with Gasteiger partial charge in [-0.2, -0.15) is 0 Å². The van der Waals surface area contributed by atoms with Crippen molar-refractivity contribution >= 4 is 17.4 Å². The molecule has 0 aromatic carbocycles. The first-order chi connectivity index (χ1) is 10.2. The van der Waals surface area contributed by atoms with Crippen LogP contribution in [0.2, 0.25) is 5.02 Å². The van der Waals surface area contributed by atoms with Crippen LogP contribution < -0.4 is 10.2 Å². The van der Waals surface area contributed by atoms with E-state index >= 15 is 0 Å². The maximum absolute atomic E-state index is 6.42. The van der Waals surface area contributed by atoms with Crippen LogP contribution in [-0.2, 0) is 6.54 Å². The predicted octanol–water partition coefficient (Wildman–Crippen LogP) is 2.77. The Bertz CT molecular complexity index is 444. The van der Waals surface area contributed by atoms with Gasteiger partial charge in [0.15, 0.2) is 0 Å². The molecule has 118 valence electrons. The smallest absolute Gasteiger partial charge is 0.147 e. The van der Waals surface area contributed by atoms with Crippen molar-refractivity contribution in [3.05, 3.63) is 22.8 Å². The van der Waals surface area contributed by atoms with Gasteiger partial charge in [-0.25, -0.2) is 4.98 Å². The number of piperazine rings is 1. The number of pyridine rings is 1. The van der Waals surface area contributed by atoms with E-state index < -0.39 is 0 Å². The van der Waals surface area contributed by atoms with Crippen molar-refractivity contribution in [2.75, 3.05) is 37.6 Å². The molecule has 0 bridgehead atoms. The van der Waals surface area contributed by atoms with Crippen LogP contribution in [0, 0.1) is 0 Å². The predicted molar refractivity (Wildman–Crippen MR) is 90.2 cm³/mol. The molecule has 2 heterocycles. The van der Waals surface area contributed by atoms with E-state index in [4.69, 9.17) is 11.6 Å². The van der Waals surface area contributed by atoms with Crippen LogP contribution >= 0.6 is 11.6 Å². The highest BCUT2D eigenvalue weighted by Crippen LogP contribution is 2.25. The first kappa shape index (κ1) is 16.5. The third-order valence-electron chi connectivity index (χ3n) is 4.29. The lowest BCUT2D eigenvalue weighted by Crippen LogP contribution is -2.49. The standard InChI is InChI=1S/C16H27ClN4/c1-4-13(3)20-6-8-21(9-7-20)16-15(17)10-14(12-19-16)11-18-5-2/h10,12-13,18H,4-9,11H2,1-3H3. The van der Waals surface area contributed by atoms with Crippen molar-refractivity contribution in [1.82, 2.24) is 15.2 Å². The van der Waals surface area contributed by atoms with E-state index in [-0.39, 0.29) is 0 Å². The molecule has 0 aliphatic carbocycles. The van der Waals surface area contributed by atoms with Gasteiger partial charge in [0.25, 0.3) is 0 Å². The van der Waals surface area contributed by atoms with Crippen LogP contribution in [0.15, 0.2) is 12.3 Å². The summed E-state index contributed by atoms with van der Waals surface area (Å²) < 4.78 is 0. The van der Waals surface area contributed by atoms with E-state index in [0.29, 0.717) is 6.04 Å². The number of nitrogens with zero attached hydrogens (tertiary/aromatic N) is 3. The molecule has 1 fully saturated rings. The Morgan fingerprint density at radius 1 is 1.29 bits per heavy atom. The largest absolute Gasteiger partial charge is 0.353 e. The second-order valence-corrected chi connectivity index (χ2v) is 6.12. The Balaban J connectivity index is 1.97. The number of hydrogen-bond acceptors (Lipinski definition) is 4. The molecule has 1 aliphatic heterocycles.